The van der Waals surface area contributed by atoms with Crippen molar-refractivity contribution >= 4 is 18.3 Å². The first-order valence-electron chi connectivity index (χ1n) is 7.58. The number of carbonyl (C=O) groups excluding carboxylic acids is 1. The molecule has 0 aliphatic carbocycles. The first-order chi connectivity index (χ1) is 9.92. The van der Waals surface area contributed by atoms with Crippen LogP contribution in [0.15, 0.2) is 24.3 Å². The summed E-state index contributed by atoms with van der Waals surface area (Å²) in [6, 6.07) is 8.08. The van der Waals surface area contributed by atoms with Crippen molar-refractivity contribution in [1.29, 1.82) is 0 Å². The Hall–Kier alpha value is -1.26. The van der Waals surface area contributed by atoms with Crippen LogP contribution in [0.4, 0.5) is 0 Å². The predicted octanol–water partition coefficient (Wildman–Crippen LogP) is 2.64. The van der Waals surface area contributed by atoms with Crippen LogP contribution in [0.2, 0.25) is 0 Å². The predicted molar refractivity (Wildman–Crippen MR) is 91.5 cm³/mol. The Morgan fingerprint density at radius 1 is 1.45 bits per heavy atom. The molecule has 1 aliphatic rings. The summed E-state index contributed by atoms with van der Waals surface area (Å²) in [5, 5.41) is 0. The fraction of sp³-hybridized carbons (Fsp3) is 0.588. The molecule has 1 amide bonds. The number of nitrogens with two attached hydrogens (primary N) is 1. The Balaban J connectivity index is 0.00000242. The van der Waals surface area contributed by atoms with E-state index >= 15 is 0 Å². The SMILES string of the molecule is COc1cccc(CCC(=O)N2CCC(N)C(C)(C)C2)c1.Cl. The van der Waals surface area contributed by atoms with Crippen molar-refractivity contribution in [2.75, 3.05) is 20.2 Å². The Morgan fingerprint density at radius 3 is 2.82 bits per heavy atom. The number of rotatable bonds is 4. The number of ether oxygens (including phenoxy) is 1. The number of hydrogen-bond acceptors (Lipinski definition) is 3. The number of halogens is 1. The topological polar surface area (TPSA) is 55.6 Å². The Bertz CT molecular complexity index is 505. The molecule has 1 aromatic rings. The molecule has 1 heterocycles. The fourth-order valence-corrected chi connectivity index (χ4v) is 2.82. The number of methoxy groups -OCH3 is 1. The molecule has 0 aromatic heterocycles. The van der Waals surface area contributed by atoms with Gasteiger partial charge in [-0.2, -0.15) is 0 Å². The molecule has 22 heavy (non-hydrogen) atoms. The maximum absolute atomic E-state index is 12.4. The summed E-state index contributed by atoms with van der Waals surface area (Å²) >= 11 is 0. The fourth-order valence-electron chi connectivity index (χ4n) is 2.82. The molecule has 1 aliphatic heterocycles. The van der Waals surface area contributed by atoms with Crippen LogP contribution in [0.25, 0.3) is 0 Å². The van der Waals surface area contributed by atoms with E-state index in [4.69, 9.17) is 10.5 Å². The van der Waals surface area contributed by atoms with Crippen LogP contribution in [-0.4, -0.2) is 37.0 Å². The first-order valence-corrected chi connectivity index (χ1v) is 7.58. The number of carbonyl (C=O) groups is 1. The van der Waals surface area contributed by atoms with Crippen molar-refractivity contribution in [2.45, 2.75) is 39.2 Å². The normalized spacial score (nSPS) is 20.2. The van der Waals surface area contributed by atoms with Gasteiger partial charge < -0.3 is 15.4 Å². The van der Waals surface area contributed by atoms with Gasteiger partial charge in [0, 0.05) is 25.6 Å². The zero-order valence-electron chi connectivity index (χ0n) is 13.7. The Labute approximate surface area is 139 Å². The summed E-state index contributed by atoms with van der Waals surface area (Å²) in [4.78, 5) is 14.3. The molecule has 2 rings (SSSR count). The van der Waals surface area contributed by atoms with Gasteiger partial charge in [0.1, 0.15) is 5.75 Å². The van der Waals surface area contributed by atoms with Crippen molar-refractivity contribution in [3.63, 3.8) is 0 Å². The molecule has 5 heteroatoms. The van der Waals surface area contributed by atoms with Crippen molar-refractivity contribution in [1.82, 2.24) is 4.90 Å². The monoisotopic (exact) mass is 326 g/mol. The Kier molecular flexibility index (Phi) is 6.69. The highest BCUT2D eigenvalue weighted by Gasteiger charge is 2.34. The van der Waals surface area contributed by atoms with Crippen LogP contribution in [0, 0.1) is 5.41 Å². The van der Waals surface area contributed by atoms with E-state index < -0.39 is 0 Å². The molecule has 0 bridgehead atoms. The van der Waals surface area contributed by atoms with Crippen molar-refractivity contribution in [2.24, 2.45) is 11.1 Å². The van der Waals surface area contributed by atoms with Gasteiger partial charge in [-0.1, -0.05) is 26.0 Å². The molecule has 1 saturated heterocycles. The summed E-state index contributed by atoms with van der Waals surface area (Å²) in [6.45, 7) is 5.81. The number of hydrogen-bond donors (Lipinski definition) is 1. The molecule has 124 valence electrons. The lowest BCUT2D eigenvalue weighted by Gasteiger charge is -2.42. The number of amides is 1. The molecular weight excluding hydrogens is 300 g/mol. The summed E-state index contributed by atoms with van der Waals surface area (Å²) in [5.41, 5.74) is 7.26. The summed E-state index contributed by atoms with van der Waals surface area (Å²) in [5.74, 6) is 1.06. The van der Waals surface area contributed by atoms with Gasteiger partial charge in [0.25, 0.3) is 0 Å². The minimum atomic E-state index is 0. The molecule has 1 atom stereocenters. The molecule has 0 spiro atoms. The second kappa shape index (κ2) is 7.84. The van der Waals surface area contributed by atoms with Gasteiger partial charge in [0.15, 0.2) is 0 Å². The zero-order valence-corrected chi connectivity index (χ0v) is 14.5. The van der Waals surface area contributed by atoms with E-state index in [-0.39, 0.29) is 29.8 Å². The van der Waals surface area contributed by atoms with Crippen LogP contribution in [0.3, 0.4) is 0 Å². The standard InChI is InChI=1S/C17H26N2O2.ClH/c1-17(2)12-19(10-9-15(17)18)16(20)8-7-13-5-4-6-14(11-13)21-3;/h4-6,11,15H,7-10,12,18H2,1-3H3;1H. The molecule has 2 N–H and O–H groups in total. The number of benzene rings is 1. The molecule has 1 unspecified atom stereocenters. The van der Waals surface area contributed by atoms with Gasteiger partial charge in [-0.15, -0.1) is 12.4 Å². The zero-order chi connectivity index (χ0) is 15.5. The van der Waals surface area contributed by atoms with Gasteiger partial charge in [-0.05, 0) is 36.0 Å². The molecule has 0 radical (unpaired) electrons. The van der Waals surface area contributed by atoms with Crippen LogP contribution in [-0.2, 0) is 11.2 Å². The quantitative estimate of drug-likeness (QED) is 0.925. The minimum Gasteiger partial charge on any atom is -0.497 e. The van der Waals surface area contributed by atoms with Gasteiger partial charge in [-0.3, -0.25) is 4.79 Å². The van der Waals surface area contributed by atoms with Crippen LogP contribution in [0.1, 0.15) is 32.3 Å². The van der Waals surface area contributed by atoms with E-state index in [9.17, 15) is 4.79 Å². The van der Waals surface area contributed by atoms with E-state index in [1.165, 1.54) is 0 Å². The number of nitrogens with zero attached hydrogens (tertiary/aromatic N) is 1. The molecule has 4 nitrogen and oxygen atoms in total. The lowest BCUT2D eigenvalue weighted by molar-refractivity contribution is -0.134. The van der Waals surface area contributed by atoms with E-state index in [1.54, 1.807) is 7.11 Å². The number of aryl methyl sites for hydroxylation is 1. The van der Waals surface area contributed by atoms with Crippen molar-refractivity contribution < 1.29 is 9.53 Å². The third kappa shape index (κ3) is 4.62. The van der Waals surface area contributed by atoms with Gasteiger partial charge >= 0.3 is 0 Å². The second-order valence-electron chi connectivity index (χ2n) is 6.55. The van der Waals surface area contributed by atoms with Crippen LogP contribution in [0.5, 0.6) is 5.75 Å². The molecule has 1 fully saturated rings. The number of piperidine rings is 1. The van der Waals surface area contributed by atoms with Gasteiger partial charge in [0.05, 0.1) is 7.11 Å². The van der Waals surface area contributed by atoms with E-state index in [0.717, 1.165) is 37.2 Å². The summed E-state index contributed by atoms with van der Waals surface area (Å²) in [7, 11) is 1.66. The second-order valence-corrected chi connectivity index (χ2v) is 6.55. The van der Waals surface area contributed by atoms with E-state index in [1.807, 2.05) is 29.2 Å². The summed E-state index contributed by atoms with van der Waals surface area (Å²) in [6.07, 6.45) is 2.18. The highest BCUT2D eigenvalue weighted by Crippen LogP contribution is 2.28. The van der Waals surface area contributed by atoms with Gasteiger partial charge in [-0.25, -0.2) is 0 Å². The van der Waals surface area contributed by atoms with Crippen LogP contribution >= 0.6 is 12.4 Å². The average molecular weight is 327 g/mol. The lowest BCUT2D eigenvalue weighted by atomic mass is 9.79. The first kappa shape index (κ1) is 18.8. The molecule has 1 aromatic carbocycles. The molecule has 0 saturated carbocycles. The maximum atomic E-state index is 12.4. The van der Waals surface area contributed by atoms with Gasteiger partial charge in [0.2, 0.25) is 5.91 Å². The third-order valence-corrected chi connectivity index (χ3v) is 4.43. The summed E-state index contributed by atoms with van der Waals surface area (Å²) < 4.78 is 5.21. The highest BCUT2D eigenvalue weighted by molar-refractivity contribution is 5.85. The average Bonchev–Trinajstić information content (AvgIpc) is 2.47. The highest BCUT2D eigenvalue weighted by atomic mass is 35.5. The molecular formula is C17H27ClN2O2. The minimum absolute atomic E-state index is 0. The third-order valence-electron chi connectivity index (χ3n) is 4.43. The van der Waals surface area contributed by atoms with E-state index in [0.29, 0.717) is 6.42 Å². The van der Waals surface area contributed by atoms with Crippen molar-refractivity contribution in [3.05, 3.63) is 29.8 Å². The smallest absolute Gasteiger partial charge is 0.222 e. The van der Waals surface area contributed by atoms with E-state index in [2.05, 4.69) is 13.8 Å². The Morgan fingerprint density at radius 2 is 2.18 bits per heavy atom. The van der Waals surface area contributed by atoms with Crippen molar-refractivity contribution in [3.8, 4) is 5.75 Å². The number of likely N-dealkylation sites (tertiary alicyclic amines) is 1. The van der Waals surface area contributed by atoms with Crippen LogP contribution < -0.4 is 10.5 Å². The largest absolute Gasteiger partial charge is 0.497 e. The maximum Gasteiger partial charge on any atom is 0.222 e. The lowest BCUT2D eigenvalue weighted by Crippen LogP contribution is -2.54.